The molecule has 1 heterocycles. The van der Waals surface area contributed by atoms with E-state index in [4.69, 9.17) is 19.9 Å². The molecule has 6 heteroatoms. The van der Waals surface area contributed by atoms with Crippen LogP contribution in [0.15, 0.2) is 18.2 Å². The lowest BCUT2D eigenvalue weighted by atomic mass is 9.85. The Morgan fingerprint density at radius 3 is 2.81 bits per heavy atom. The Labute approximate surface area is 124 Å². The first-order chi connectivity index (χ1) is 10.0. The van der Waals surface area contributed by atoms with E-state index in [1.165, 1.54) is 0 Å². The van der Waals surface area contributed by atoms with Crippen molar-refractivity contribution in [2.75, 3.05) is 27.4 Å². The molecule has 3 N–H and O–H groups in total. The summed E-state index contributed by atoms with van der Waals surface area (Å²) in [5, 5.41) is 2.90. The second-order valence-electron chi connectivity index (χ2n) is 5.40. The monoisotopic (exact) mass is 294 g/mol. The van der Waals surface area contributed by atoms with Crippen molar-refractivity contribution < 1.29 is 19.0 Å². The highest BCUT2D eigenvalue weighted by Gasteiger charge is 2.44. The molecule has 21 heavy (non-hydrogen) atoms. The largest absolute Gasteiger partial charge is 0.497 e. The maximum Gasteiger partial charge on any atom is 0.230 e. The molecule has 1 fully saturated rings. The van der Waals surface area contributed by atoms with Crippen molar-refractivity contribution in [1.29, 1.82) is 0 Å². The van der Waals surface area contributed by atoms with E-state index in [9.17, 15) is 4.79 Å². The molecule has 116 valence electrons. The fourth-order valence-electron chi connectivity index (χ4n) is 2.30. The summed E-state index contributed by atoms with van der Waals surface area (Å²) in [5.41, 5.74) is 6.15. The first-order valence-corrected chi connectivity index (χ1v) is 6.84. The first-order valence-electron chi connectivity index (χ1n) is 6.84. The van der Waals surface area contributed by atoms with Gasteiger partial charge in [0.1, 0.15) is 11.5 Å². The van der Waals surface area contributed by atoms with E-state index in [1.807, 2.05) is 19.1 Å². The summed E-state index contributed by atoms with van der Waals surface area (Å²) in [5.74, 6) is 1.28. The van der Waals surface area contributed by atoms with Gasteiger partial charge < -0.3 is 25.3 Å². The van der Waals surface area contributed by atoms with Crippen LogP contribution in [0.1, 0.15) is 12.5 Å². The topological polar surface area (TPSA) is 82.8 Å². The molecule has 0 spiro atoms. The summed E-state index contributed by atoms with van der Waals surface area (Å²) < 4.78 is 15.8. The number of carbonyl (C=O) groups excluding carboxylic acids is 1. The Morgan fingerprint density at radius 1 is 1.48 bits per heavy atom. The molecule has 1 aliphatic rings. The number of methoxy groups -OCH3 is 2. The highest BCUT2D eigenvalue weighted by atomic mass is 16.5. The molecule has 1 aliphatic heterocycles. The van der Waals surface area contributed by atoms with Crippen LogP contribution in [0.2, 0.25) is 0 Å². The molecular formula is C15H22N2O4. The van der Waals surface area contributed by atoms with Crippen LogP contribution in [0.25, 0.3) is 0 Å². The summed E-state index contributed by atoms with van der Waals surface area (Å²) in [6, 6.07) is 5.20. The third-order valence-corrected chi connectivity index (χ3v) is 3.97. The fraction of sp³-hybridized carbons (Fsp3) is 0.533. The molecule has 0 aliphatic carbocycles. The predicted molar refractivity (Wildman–Crippen MR) is 78.3 cm³/mol. The Morgan fingerprint density at radius 2 is 2.24 bits per heavy atom. The minimum Gasteiger partial charge on any atom is -0.497 e. The van der Waals surface area contributed by atoms with E-state index >= 15 is 0 Å². The standard InChI is InChI=1S/C15H22N2O4/c1-15(9-21-8-13(15)16)14(18)17-7-10-4-5-11(19-2)6-12(10)20-3/h4-6,13H,7-9,16H2,1-3H3,(H,17,18). The summed E-state index contributed by atoms with van der Waals surface area (Å²) in [6.45, 7) is 2.95. The van der Waals surface area contributed by atoms with Gasteiger partial charge >= 0.3 is 0 Å². The number of hydrogen-bond acceptors (Lipinski definition) is 5. The molecule has 6 nitrogen and oxygen atoms in total. The van der Waals surface area contributed by atoms with Crippen LogP contribution in [-0.2, 0) is 16.1 Å². The van der Waals surface area contributed by atoms with Gasteiger partial charge in [-0.25, -0.2) is 0 Å². The lowest BCUT2D eigenvalue weighted by molar-refractivity contribution is -0.130. The van der Waals surface area contributed by atoms with Crippen LogP contribution >= 0.6 is 0 Å². The van der Waals surface area contributed by atoms with Gasteiger partial charge in [-0.2, -0.15) is 0 Å². The second kappa shape index (κ2) is 6.32. The highest BCUT2D eigenvalue weighted by molar-refractivity contribution is 5.83. The Kier molecular flexibility index (Phi) is 4.69. The minimum atomic E-state index is -0.681. The number of ether oxygens (including phenoxy) is 3. The normalized spacial score (nSPS) is 24.7. The molecule has 0 radical (unpaired) electrons. The van der Waals surface area contributed by atoms with Crippen LogP contribution in [0.3, 0.4) is 0 Å². The molecule has 2 atom stereocenters. The van der Waals surface area contributed by atoms with Crippen molar-refractivity contribution in [3.8, 4) is 11.5 Å². The zero-order valence-corrected chi connectivity index (χ0v) is 12.6. The van der Waals surface area contributed by atoms with Crippen LogP contribution < -0.4 is 20.5 Å². The zero-order chi connectivity index (χ0) is 15.5. The van der Waals surface area contributed by atoms with E-state index in [0.717, 1.165) is 5.56 Å². The van der Waals surface area contributed by atoms with Crippen molar-refractivity contribution >= 4 is 5.91 Å². The SMILES string of the molecule is COc1ccc(CNC(=O)C2(C)COCC2N)c(OC)c1. The van der Waals surface area contributed by atoms with Crippen molar-refractivity contribution in [3.63, 3.8) is 0 Å². The predicted octanol–water partition coefficient (Wildman–Crippen LogP) is 0.684. The van der Waals surface area contributed by atoms with E-state index in [2.05, 4.69) is 5.32 Å². The molecule has 0 saturated carbocycles. The molecule has 2 unspecified atom stereocenters. The van der Waals surface area contributed by atoms with Gasteiger partial charge in [-0.3, -0.25) is 4.79 Å². The summed E-state index contributed by atoms with van der Waals surface area (Å²) in [7, 11) is 3.18. The summed E-state index contributed by atoms with van der Waals surface area (Å²) in [6.07, 6.45) is 0. The molecule has 0 aromatic heterocycles. The van der Waals surface area contributed by atoms with Gasteiger partial charge in [0.05, 0.1) is 32.8 Å². The van der Waals surface area contributed by atoms with Gasteiger partial charge in [0.15, 0.2) is 0 Å². The third-order valence-electron chi connectivity index (χ3n) is 3.97. The van der Waals surface area contributed by atoms with Gasteiger partial charge in [0, 0.05) is 24.2 Å². The number of benzene rings is 1. The maximum absolute atomic E-state index is 12.3. The van der Waals surface area contributed by atoms with Crippen molar-refractivity contribution in [1.82, 2.24) is 5.32 Å². The third kappa shape index (κ3) is 3.11. The Balaban J connectivity index is 2.04. The average Bonchev–Trinajstić information content (AvgIpc) is 2.85. The van der Waals surface area contributed by atoms with Gasteiger partial charge in [-0.05, 0) is 19.1 Å². The molecule has 1 aromatic rings. The van der Waals surface area contributed by atoms with E-state index in [0.29, 0.717) is 31.3 Å². The van der Waals surface area contributed by atoms with Gasteiger partial charge in [0.25, 0.3) is 0 Å². The van der Waals surface area contributed by atoms with E-state index < -0.39 is 5.41 Å². The quantitative estimate of drug-likeness (QED) is 0.834. The van der Waals surface area contributed by atoms with E-state index in [1.54, 1.807) is 20.3 Å². The van der Waals surface area contributed by atoms with Crippen LogP contribution in [0.5, 0.6) is 11.5 Å². The van der Waals surface area contributed by atoms with E-state index in [-0.39, 0.29) is 11.9 Å². The fourth-order valence-corrected chi connectivity index (χ4v) is 2.30. The number of rotatable bonds is 5. The van der Waals surface area contributed by atoms with Crippen LogP contribution in [0, 0.1) is 5.41 Å². The van der Waals surface area contributed by atoms with Gasteiger partial charge in [0.2, 0.25) is 5.91 Å². The number of nitrogens with one attached hydrogen (secondary N) is 1. The zero-order valence-electron chi connectivity index (χ0n) is 12.6. The molecule has 1 saturated heterocycles. The molecule has 1 aromatic carbocycles. The summed E-state index contributed by atoms with van der Waals surface area (Å²) >= 11 is 0. The number of nitrogens with two attached hydrogens (primary N) is 1. The molecule has 0 bridgehead atoms. The highest BCUT2D eigenvalue weighted by Crippen LogP contribution is 2.28. The Hall–Kier alpha value is -1.79. The lowest BCUT2D eigenvalue weighted by Crippen LogP contribution is -2.49. The van der Waals surface area contributed by atoms with Crippen molar-refractivity contribution in [3.05, 3.63) is 23.8 Å². The second-order valence-corrected chi connectivity index (χ2v) is 5.40. The summed E-state index contributed by atoms with van der Waals surface area (Å²) in [4.78, 5) is 12.3. The molecule has 1 amide bonds. The number of hydrogen-bond donors (Lipinski definition) is 2. The van der Waals surface area contributed by atoms with Crippen molar-refractivity contribution in [2.45, 2.75) is 19.5 Å². The first kappa shape index (κ1) is 15.6. The molecular weight excluding hydrogens is 272 g/mol. The van der Waals surface area contributed by atoms with Crippen LogP contribution in [0.4, 0.5) is 0 Å². The van der Waals surface area contributed by atoms with Crippen LogP contribution in [-0.4, -0.2) is 39.4 Å². The number of carbonyl (C=O) groups is 1. The maximum atomic E-state index is 12.3. The van der Waals surface area contributed by atoms with Gasteiger partial charge in [-0.15, -0.1) is 0 Å². The average molecular weight is 294 g/mol. The minimum absolute atomic E-state index is 0.106. The van der Waals surface area contributed by atoms with Gasteiger partial charge in [-0.1, -0.05) is 0 Å². The molecule has 2 rings (SSSR count). The lowest BCUT2D eigenvalue weighted by Gasteiger charge is -2.25. The Bertz CT molecular complexity index is 520. The number of amides is 1. The van der Waals surface area contributed by atoms with Crippen molar-refractivity contribution in [2.24, 2.45) is 11.1 Å². The smallest absolute Gasteiger partial charge is 0.230 e.